The number of urea groups is 1. The fourth-order valence-electron chi connectivity index (χ4n) is 6.12. The van der Waals surface area contributed by atoms with Crippen LogP contribution in [-0.2, 0) is 11.3 Å². The molecule has 1 aliphatic heterocycles. The van der Waals surface area contributed by atoms with Gasteiger partial charge in [-0.1, -0.05) is 68.5 Å². The Balaban J connectivity index is 1.14. The third-order valence-corrected chi connectivity index (χ3v) is 8.21. The van der Waals surface area contributed by atoms with Crippen LogP contribution in [0.15, 0.2) is 54.7 Å². The largest absolute Gasteiger partial charge is 0.379 e. The molecule has 188 valence electrons. The molecule has 0 bridgehead atoms. The molecule has 3 aliphatic rings. The van der Waals surface area contributed by atoms with Crippen LogP contribution in [0.25, 0.3) is 21.9 Å². The summed E-state index contributed by atoms with van der Waals surface area (Å²) >= 11 is 0. The van der Waals surface area contributed by atoms with E-state index < -0.39 is 0 Å². The molecule has 6 nitrogen and oxygen atoms in total. The first-order chi connectivity index (χ1) is 17.7. The van der Waals surface area contributed by atoms with E-state index in [-0.39, 0.29) is 6.03 Å². The van der Waals surface area contributed by atoms with Gasteiger partial charge < -0.3 is 15.4 Å². The number of nitrogens with one attached hydrogen (secondary N) is 2. The molecule has 3 fully saturated rings. The highest BCUT2D eigenvalue weighted by molar-refractivity contribution is 6.07. The number of nitrogens with zero attached hydrogens (tertiary/aromatic N) is 2. The summed E-state index contributed by atoms with van der Waals surface area (Å²) in [7, 11) is 0. The van der Waals surface area contributed by atoms with E-state index in [9.17, 15) is 4.79 Å². The topological polar surface area (TPSA) is 66.5 Å². The highest BCUT2D eigenvalue weighted by Gasteiger charge is 2.43. The average molecular weight is 485 g/mol. The molecule has 1 aromatic heterocycles. The average Bonchev–Trinajstić information content (AvgIpc) is 3.69. The Morgan fingerprint density at radius 3 is 2.56 bits per heavy atom. The van der Waals surface area contributed by atoms with Crippen molar-refractivity contribution in [1.29, 1.82) is 0 Å². The molecular formula is C30H36N4O2. The van der Waals surface area contributed by atoms with Crippen molar-refractivity contribution in [2.45, 2.75) is 51.1 Å². The van der Waals surface area contributed by atoms with E-state index in [2.05, 4.69) is 51.9 Å². The van der Waals surface area contributed by atoms with Gasteiger partial charge in [-0.2, -0.15) is 0 Å². The summed E-state index contributed by atoms with van der Waals surface area (Å²) in [5.74, 6) is 1.48. The Hall–Kier alpha value is -2.96. The van der Waals surface area contributed by atoms with E-state index in [4.69, 9.17) is 9.72 Å². The molecule has 36 heavy (non-hydrogen) atoms. The number of pyridine rings is 1. The number of carbonyl (C=O) groups is 1. The predicted molar refractivity (Wildman–Crippen MR) is 144 cm³/mol. The zero-order valence-electron chi connectivity index (χ0n) is 20.9. The number of ether oxygens (including phenoxy) is 1. The van der Waals surface area contributed by atoms with Crippen molar-refractivity contribution in [3.05, 3.63) is 60.4 Å². The second kappa shape index (κ2) is 10.6. The zero-order chi connectivity index (χ0) is 24.3. The fraction of sp³-hybridized carbons (Fsp3) is 0.467. The lowest BCUT2D eigenvalue weighted by Crippen LogP contribution is -2.35. The summed E-state index contributed by atoms with van der Waals surface area (Å²) in [5.41, 5.74) is 4.13. The summed E-state index contributed by atoms with van der Waals surface area (Å²) in [4.78, 5) is 20.0. The molecule has 6 heteroatoms. The highest BCUT2D eigenvalue weighted by atomic mass is 16.5. The van der Waals surface area contributed by atoms with Gasteiger partial charge in [-0.15, -0.1) is 0 Å². The Kier molecular flexibility index (Phi) is 6.88. The maximum Gasteiger partial charge on any atom is 0.319 e. The van der Waals surface area contributed by atoms with Crippen molar-refractivity contribution in [3.8, 4) is 11.1 Å². The minimum absolute atomic E-state index is 0.0923. The van der Waals surface area contributed by atoms with E-state index in [1.807, 2.05) is 18.3 Å². The van der Waals surface area contributed by atoms with Crippen LogP contribution in [-0.4, -0.2) is 48.3 Å². The van der Waals surface area contributed by atoms with E-state index in [1.54, 1.807) is 0 Å². The number of anilines is 1. The maximum atomic E-state index is 12.8. The Morgan fingerprint density at radius 2 is 1.78 bits per heavy atom. The van der Waals surface area contributed by atoms with Gasteiger partial charge >= 0.3 is 6.03 Å². The normalized spacial score (nSPS) is 22.9. The predicted octanol–water partition coefficient (Wildman–Crippen LogP) is 5.82. The van der Waals surface area contributed by atoms with Crippen molar-refractivity contribution in [1.82, 2.24) is 15.2 Å². The molecule has 2 amide bonds. The first kappa shape index (κ1) is 23.4. The van der Waals surface area contributed by atoms with Crippen LogP contribution in [0.3, 0.4) is 0 Å². The van der Waals surface area contributed by atoms with Gasteiger partial charge in [-0.25, -0.2) is 4.79 Å². The summed E-state index contributed by atoms with van der Waals surface area (Å²) < 4.78 is 5.45. The molecule has 0 radical (unpaired) electrons. The number of benzene rings is 2. The number of hydrogen-bond donors (Lipinski definition) is 2. The van der Waals surface area contributed by atoms with Crippen molar-refractivity contribution in [2.24, 2.45) is 11.8 Å². The molecule has 2 atom stereocenters. The molecule has 2 heterocycles. The van der Waals surface area contributed by atoms with Gasteiger partial charge in [0.05, 0.1) is 24.6 Å². The molecule has 0 spiro atoms. The van der Waals surface area contributed by atoms with E-state index in [0.717, 1.165) is 78.5 Å². The lowest BCUT2D eigenvalue weighted by molar-refractivity contribution is 0.0336. The van der Waals surface area contributed by atoms with Crippen LogP contribution in [0.5, 0.6) is 0 Å². The van der Waals surface area contributed by atoms with Gasteiger partial charge in [0.1, 0.15) is 0 Å². The monoisotopic (exact) mass is 484 g/mol. The number of fused-ring (bicyclic) bond motifs is 1. The smallest absolute Gasteiger partial charge is 0.319 e. The van der Waals surface area contributed by atoms with Gasteiger partial charge in [0.15, 0.2) is 0 Å². The van der Waals surface area contributed by atoms with Crippen LogP contribution in [0.1, 0.15) is 44.2 Å². The number of rotatable bonds is 6. The molecule has 2 aromatic carbocycles. The molecule has 2 saturated carbocycles. The summed E-state index contributed by atoms with van der Waals surface area (Å²) in [6.45, 7) is 4.36. The van der Waals surface area contributed by atoms with Crippen molar-refractivity contribution in [2.75, 3.05) is 31.6 Å². The number of morpholine rings is 1. The van der Waals surface area contributed by atoms with Crippen molar-refractivity contribution < 1.29 is 9.53 Å². The molecule has 6 rings (SSSR count). The van der Waals surface area contributed by atoms with Crippen molar-refractivity contribution in [3.63, 3.8) is 0 Å². The lowest BCUT2D eigenvalue weighted by Gasteiger charge is -2.26. The first-order valence-electron chi connectivity index (χ1n) is 13.6. The van der Waals surface area contributed by atoms with Crippen LogP contribution in [0.2, 0.25) is 0 Å². The van der Waals surface area contributed by atoms with Gasteiger partial charge in [-0.3, -0.25) is 9.88 Å². The quantitative estimate of drug-likeness (QED) is 0.462. The molecule has 3 aromatic rings. The third-order valence-electron chi connectivity index (χ3n) is 8.21. The number of hydrogen-bond acceptors (Lipinski definition) is 4. The van der Waals surface area contributed by atoms with Gasteiger partial charge in [0.2, 0.25) is 0 Å². The zero-order valence-corrected chi connectivity index (χ0v) is 20.9. The van der Waals surface area contributed by atoms with Crippen LogP contribution in [0.4, 0.5) is 10.5 Å². The molecule has 2 N–H and O–H groups in total. The van der Waals surface area contributed by atoms with E-state index in [0.29, 0.717) is 12.0 Å². The number of amides is 2. The number of aromatic nitrogens is 1. The van der Waals surface area contributed by atoms with Gasteiger partial charge in [0, 0.05) is 42.8 Å². The molecule has 2 unspecified atom stereocenters. The standard InChI is InChI=1S/C30H36N4O2/c35-30(33-29-18-27(29)21-6-2-1-3-7-21)32-28-13-12-24(25-8-4-5-9-26(25)28)22-10-11-23(31-19-22)20-34-14-16-36-17-15-34/h4-5,8-13,19,21,27,29H,1-3,6-7,14-18,20H2,(H2,32,33,35). The minimum Gasteiger partial charge on any atom is -0.379 e. The van der Waals surface area contributed by atoms with E-state index >= 15 is 0 Å². The van der Waals surface area contributed by atoms with Crippen LogP contribution in [0, 0.1) is 11.8 Å². The third kappa shape index (κ3) is 5.25. The van der Waals surface area contributed by atoms with Crippen LogP contribution < -0.4 is 10.6 Å². The van der Waals surface area contributed by atoms with Gasteiger partial charge in [0.25, 0.3) is 0 Å². The lowest BCUT2D eigenvalue weighted by atomic mass is 9.85. The summed E-state index contributed by atoms with van der Waals surface area (Å²) in [6, 6.07) is 16.9. The van der Waals surface area contributed by atoms with E-state index in [1.165, 1.54) is 32.1 Å². The van der Waals surface area contributed by atoms with Gasteiger partial charge in [-0.05, 0) is 41.3 Å². The summed E-state index contributed by atoms with van der Waals surface area (Å²) in [5, 5.41) is 8.52. The SMILES string of the molecule is O=C(Nc1ccc(-c2ccc(CN3CCOCC3)nc2)c2ccccc12)NC1CC1C1CCCCC1. The second-order valence-electron chi connectivity index (χ2n) is 10.6. The fourth-order valence-corrected chi connectivity index (χ4v) is 6.12. The highest BCUT2D eigenvalue weighted by Crippen LogP contribution is 2.44. The molecular weight excluding hydrogens is 448 g/mol. The summed E-state index contributed by atoms with van der Waals surface area (Å²) in [6.07, 6.45) is 9.84. The second-order valence-corrected chi connectivity index (χ2v) is 10.6. The van der Waals surface area contributed by atoms with Crippen molar-refractivity contribution >= 4 is 22.5 Å². The Bertz CT molecular complexity index is 1200. The minimum atomic E-state index is -0.0923. The first-order valence-corrected chi connectivity index (χ1v) is 13.6. The maximum absolute atomic E-state index is 12.8. The Morgan fingerprint density at radius 1 is 0.972 bits per heavy atom. The van der Waals surface area contributed by atoms with Crippen LogP contribution >= 0.6 is 0 Å². The molecule has 1 saturated heterocycles. The Labute approximate surface area is 213 Å². The number of carbonyl (C=O) groups excluding carboxylic acids is 1. The molecule has 2 aliphatic carbocycles.